The minimum Gasteiger partial charge on any atom is -0.333 e. The van der Waals surface area contributed by atoms with Gasteiger partial charge in [0, 0.05) is 16.9 Å². The van der Waals surface area contributed by atoms with E-state index >= 15 is 0 Å². The first-order valence-electron chi connectivity index (χ1n) is 6.37. The van der Waals surface area contributed by atoms with E-state index in [4.69, 9.17) is 0 Å². The van der Waals surface area contributed by atoms with Gasteiger partial charge in [0.2, 0.25) is 0 Å². The van der Waals surface area contributed by atoms with Gasteiger partial charge in [-0.3, -0.25) is 4.57 Å². The van der Waals surface area contributed by atoms with Gasteiger partial charge in [-0.15, -0.1) is 0 Å². The quantitative estimate of drug-likeness (QED) is 0.647. The Morgan fingerprint density at radius 3 is 2.73 bits per heavy atom. The van der Waals surface area contributed by atoms with Crippen molar-refractivity contribution in [3.05, 3.63) is 53.2 Å². The summed E-state index contributed by atoms with van der Waals surface area (Å²) < 4.78 is 27.3. The molecule has 0 atom stereocenters. The minimum absolute atomic E-state index is 0.321. The highest BCUT2D eigenvalue weighted by atomic mass is 79.9. The van der Waals surface area contributed by atoms with Crippen LogP contribution in [0, 0.1) is 0 Å². The molecule has 22 heavy (non-hydrogen) atoms. The Labute approximate surface area is 138 Å². The van der Waals surface area contributed by atoms with E-state index in [2.05, 4.69) is 30.9 Å². The number of nitrogens with zero attached hydrogens (tertiary/aromatic N) is 3. The Hall–Kier alpha value is -1.67. The molecule has 1 N–H and O–H groups in total. The van der Waals surface area contributed by atoms with E-state index in [1.807, 2.05) is 24.3 Å². The molecule has 1 aromatic carbocycles. The lowest BCUT2D eigenvalue weighted by molar-refractivity contribution is 0.0678. The molecule has 2 heterocycles. The number of thioether (sulfide) groups is 1. The van der Waals surface area contributed by atoms with E-state index in [0.717, 1.165) is 20.3 Å². The van der Waals surface area contributed by atoms with Crippen LogP contribution in [0.5, 0.6) is 0 Å². The largest absolute Gasteiger partial charge is 0.333 e. The van der Waals surface area contributed by atoms with Crippen molar-refractivity contribution in [2.24, 2.45) is 0 Å². The van der Waals surface area contributed by atoms with Gasteiger partial charge in [-0.1, -0.05) is 39.8 Å². The third-order valence-corrected chi connectivity index (χ3v) is 4.42. The third kappa shape index (κ3) is 3.38. The first-order valence-corrected chi connectivity index (χ1v) is 8.15. The van der Waals surface area contributed by atoms with Gasteiger partial charge in [0.15, 0.2) is 5.16 Å². The highest BCUT2D eigenvalue weighted by Gasteiger charge is 2.12. The van der Waals surface area contributed by atoms with Crippen LogP contribution in [0.2, 0.25) is 0 Å². The fraction of sp³-hybridized carbons (Fsp3) is 0.143. The number of hydrogen-bond acceptors (Lipinski definition) is 3. The molecule has 0 saturated carbocycles. The van der Waals surface area contributed by atoms with Gasteiger partial charge in [-0.2, -0.15) is 8.78 Å². The maximum Gasteiger partial charge on any atom is 0.319 e. The SMILES string of the molecule is FC(F)n1ccnc1CSc1ncc(-c2ccc(Br)cc2)[nH]1. The summed E-state index contributed by atoms with van der Waals surface area (Å²) in [5.41, 5.74) is 1.89. The number of H-pyrrole nitrogens is 1. The fourth-order valence-corrected chi connectivity index (χ4v) is 2.98. The number of hydrogen-bond donors (Lipinski definition) is 1. The number of alkyl halides is 2. The van der Waals surface area contributed by atoms with E-state index in [1.54, 1.807) is 6.20 Å². The second-order valence-corrected chi connectivity index (χ2v) is 6.31. The first-order chi connectivity index (χ1) is 10.6. The van der Waals surface area contributed by atoms with Crippen LogP contribution in [0.25, 0.3) is 11.3 Å². The topological polar surface area (TPSA) is 46.5 Å². The number of imidazole rings is 2. The number of aromatic nitrogens is 4. The summed E-state index contributed by atoms with van der Waals surface area (Å²) in [5, 5.41) is 0.668. The Kier molecular flexibility index (Phi) is 4.58. The molecule has 4 nitrogen and oxygen atoms in total. The van der Waals surface area contributed by atoms with Crippen LogP contribution >= 0.6 is 27.7 Å². The van der Waals surface area contributed by atoms with E-state index < -0.39 is 6.55 Å². The highest BCUT2D eigenvalue weighted by molar-refractivity contribution is 9.10. The van der Waals surface area contributed by atoms with E-state index in [9.17, 15) is 8.78 Å². The average molecular weight is 385 g/mol. The van der Waals surface area contributed by atoms with E-state index in [-0.39, 0.29) is 0 Å². The van der Waals surface area contributed by atoms with Crippen LogP contribution in [0.4, 0.5) is 8.78 Å². The predicted molar refractivity (Wildman–Crippen MR) is 84.8 cm³/mol. The molecule has 0 radical (unpaired) electrons. The Balaban J connectivity index is 1.69. The molecule has 0 spiro atoms. The van der Waals surface area contributed by atoms with Crippen molar-refractivity contribution in [3.8, 4) is 11.3 Å². The normalized spacial score (nSPS) is 11.3. The van der Waals surface area contributed by atoms with Crippen molar-refractivity contribution in [1.82, 2.24) is 19.5 Å². The van der Waals surface area contributed by atoms with Crippen molar-refractivity contribution >= 4 is 27.7 Å². The molecule has 0 aliphatic carbocycles. The molecule has 0 amide bonds. The standard InChI is InChI=1S/C14H11BrF2N4S/c15-10-3-1-9(2-4-10)11-7-19-14(20-11)22-8-12-18-5-6-21(12)13(16)17/h1-7,13H,8H2,(H,19,20). The van der Waals surface area contributed by atoms with Crippen molar-refractivity contribution in [3.63, 3.8) is 0 Å². The van der Waals surface area contributed by atoms with Crippen LogP contribution in [-0.4, -0.2) is 19.5 Å². The summed E-state index contributed by atoms with van der Waals surface area (Å²) in [6.45, 7) is -2.58. The van der Waals surface area contributed by atoms with Crippen LogP contribution in [-0.2, 0) is 5.75 Å². The Bertz CT molecular complexity index is 754. The molecule has 0 aliphatic heterocycles. The minimum atomic E-state index is -2.58. The van der Waals surface area contributed by atoms with Crippen LogP contribution < -0.4 is 0 Å². The van der Waals surface area contributed by atoms with E-state index in [0.29, 0.717) is 16.7 Å². The fourth-order valence-electron chi connectivity index (χ4n) is 1.92. The van der Waals surface area contributed by atoms with Gasteiger partial charge in [0.1, 0.15) is 5.82 Å². The highest BCUT2D eigenvalue weighted by Crippen LogP contribution is 2.25. The molecule has 0 unspecified atom stereocenters. The number of benzene rings is 1. The number of rotatable bonds is 5. The lowest BCUT2D eigenvalue weighted by atomic mass is 10.2. The van der Waals surface area contributed by atoms with Gasteiger partial charge in [0.05, 0.1) is 17.6 Å². The molecule has 3 aromatic rings. The summed E-state index contributed by atoms with van der Waals surface area (Å²) in [7, 11) is 0. The Morgan fingerprint density at radius 2 is 2.00 bits per heavy atom. The van der Waals surface area contributed by atoms with Crippen molar-refractivity contribution in [2.75, 3.05) is 0 Å². The zero-order chi connectivity index (χ0) is 15.5. The monoisotopic (exact) mass is 384 g/mol. The number of nitrogens with one attached hydrogen (secondary N) is 1. The molecule has 0 fully saturated rings. The van der Waals surface area contributed by atoms with Crippen LogP contribution in [0.3, 0.4) is 0 Å². The Morgan fingerprint density at radius 1 is 1.23 bits per heavy atom. The lowest BCUT2D eigenvalue weighted by Gasteiger charge is -2.04. The smallest absolute Gasteiger partial charge is 0.319 e. The van der Waals surface area contributed by atoms with Gasteiger partial charge in [-0.05, 0) is 17.7 Å². The van der Waals surface area contributed by atoms with Gasteiger partial charge >= 0.3 is 6.55 Å². The third-order valence-electron chi connectivity index (χ3n) is 3.00. The molecular formula is C14H11BrF2N4S. The summed E-state index contributed by atoms with van der Waals surface area (Å²) in [4.78, 5) is 11.4. The molecular weight excluding hydrogens is 374 g/mol. The molecule has 0 saturated heterocycles. The van der Waals surface area contributed by atoms with E-state index in [1.165, 1.54) is 24.2 Å². The molecule has 114 valence electrons. The second-order valence-electron chi connectivity index (χ2n) is 4.43. The summed E-state index contributed by atoms with van der Waals surface area (Å²) in [5.74, 6) is 0.645. The zero-order valence-corrected chi connectivity index (χ0v) is 13.6. The average Bonchev–Trinajstić information content (AvgIpc) is 3.15. The molecule has 8 heteroatoms. The van der Waals surface area contributed by atoms with Crippen molar-refractivity contribution in [1.29, 1.82) is 0 Å². The maximum atomic E-state index is 12.7. The summed E-state index contributed by atoms with van der Waals surface area (Å²) >= 11 is 4.72. The molecule has 0 bridgehead atoms. The van der Waals surface area contributed by atoms with Crippen molar-refractivity contribution in [2.45, 2.75) is 17.5 Å². The first kappa shape index (κ1) is 15.2. The van der Waals surface area contributed by atoms with Crippen molar-refractivity contribution < 1.29 is 8.78 Å². The molecule has 0 aliphatic rings. The number of aromatic amines is 1. The van der Waals surface area contributed by atoms with Gasteiger partial charge < -0.3 is 4.98 Å². The summed E-state index contributed by atoms with van der Waals surface area (Å²) in [6, 6.07) is 7.83. The van der Waals surface area contributed by atoms with Gasteiger partial charge in [0.25, 0.3) is 0 Å². The predicted octanol–water partition coefficient (Wildman–Crippen LogP) is 4.72. The maximum absolute atomic E-state index is 12.7. The van der Waals surface area contributed by atoms with Crippen LogP contribution in [0.15, 0.2) is 52.5 Å². The van der Waals surface area contributed by atoms with Crippen LogP contribution in [0.1, 0.15) is 12.4 Å². The summed E-state index contributed by atoms with van der Waals surface area (Å²) in [6.07, 6.45) is 4.37. The molecule has 2 aromatic heterocycles. The number of halogens is 3. The lowest BCUT2D eigenvalue weighted by Crippen LogP contribution is -2.02. The molecule has 3 rings (SSSR count). The second kappa shape index (κ2) is 6.62. The zero-order valence-electron chi connectivity index (χ0n) is 11.2. The van der Waals surface area contributed by atoms with Gasteiger partial charge in [-0.25, -0.2) is 9.97 Å².